The van der Waals surface area contributed by atoms with Crippen LogP contribution in [-0.4, -0.2) is 44.2 Å². The molecule has 1 aliphatic rings. The number of aliphatic imine (C=N–C) groups is 1. The Kier molecular flexibility index (Phi) is 6.57. The van der Waals surface area contributed by atoms with E-state index in [1.807, 2.05) is 30.8 Å². The molecule has 1 saturated heterocycles. The van der Waals surface area contributed by atoms with E-state index in [4.69, 9.17) is 0 Å². The van der Waals surface area contributed by atoms with Crippen molar-refractivity contribution in [1.82, 2.24) is 10.6 Å². The maximum absolute atomic E-state index is 11.5. The van der Waals surface area contributed by atoms with E-state index in [1.165, 1.54) is 24.9 Å². The van der Waals surface area contributed by atoms with Gasteiger partial charge in [-0.05, 0) is 50.1 Å². The van der Waals surface area contributed by atoms with Crippen molar-refractivity contribution in [3.63, 3.8) is 0 Å². The van der Waals surface area contributed by atoms with Gasteiger partial charge in [0.2, 0.25) is 0 Å². The Morgan fingerprint density at radius 2 is 2.00 bits per heavy atom. The lowest BCUT2D eigenvalue weighted by atomic mass is 10.1. The van der Waals surface area contributed by atoms with Gasteiger partial charge < -0.3 is 10.6 Å². The average Bonchev–Trinajstić information content (AvgIpc) is 2.97. The third-order valence-corrected chi connectivity index (χ3v) is 6.71. The maximum atomic E-state index is 11.5. The quantitative estimate of drug-likeness (QED) is 0.595. The van der Waals surface area contributed by atoms with Crippen LogP contribution in [0.15, 0.2) is 34.2 Å². The number of rotatable bonds is 6. The maximum Gasteiger partial charge on any atom is 0.191 e. The molecule has 2 N–H and O–H groups in total. The molecule has 24 heavy (non-hydrogen) atoms. The van der Waals surface area contributed by atoms with Gasteiger partial charge in [-0.1, -0.05) is 12.1 Å². The highest BCUT2D eigenvalue weighted by Crippen LogP contribution is 2.36. The average molecular weight is 370 g/mol. The van der Waals surface area contributed by atoms with Crippen molar-refractivity contribution >= 4 is 27.6 Å². The second kappa shape index (κ2) is 8.25. The van der Waals surface area contributed by atoms with Crippen molar-refractivity contribution in [2.45, 2.75) is 42.9 Å². The largest absolute Gasteiger partial charge is 0.357 e. The van der Waals surface area contributed by atoms with Crippen molar-refractivity contribution in [1.29, 1.82) is 0 Å². The van der Waals surface area contributed by atoms with Gasteiger partial charge in [-0.3, -0.25) is 0 Å². The van der Waals surface area contributed by atoms with E-state index < -0.39 is 9.84 Å². The molecule has 1 aromatic rings. The van der Waals surface area contributed by atoms with Gasteiger partial charge in [0.05, 0.1) is 11.4 Å². The van der Waals surface area contributed by atoms with E-state index in [0.717, 1.165) is 24.6 Å². The molecule has 1 fully saturated rings. The van der Waals surface area contributed by atoms with Crippen molar-refractivity contribution in [3.8, 4) is 0 Å². The monoisotopic (exact) mass is 369 g/mol. The molecule has 0 saturated carbocycles. The number of hydrogen-bond acceptors (Lipinski definition) is 4. The van der Waals surface area contributed by atoms with Crippen LogP contribution in [0.2, 0.25) is 0 Å². The van der Waals surface area contributed by atoms with Gasteiger partial charge >= 0.3 is 0 Å². The van der Waals surface area contributed by atoms with Crippen LogP contribution in [-0.2, 0) is 16.4 Å². The first-order valence-corrected chi connectivity index (χ1v) is 11.2. The molecular formula is C17H27N3O2S2. The first-order chi connectivity index (χ1) is 11.3. The summed E-state index contributed by atoms with van der Waals surface area (Å²) in [4.78, 5) is 4.94. The number of nitrogens with one attached hydrogen (secondary N) is 2. The molecule has 0 aliphatic carbocycles. The highest BCUT2D eigenvalue weighted by Gasteiger charge is 2.29. The van der Waals surface area contributed by atoms with Crippen LogP contribution in [0.4, 0.5) is 0 Å². The number of thioether (sulfide) groups is 1. The van der Waals surface area contributed by atoms with Crippen molar-refractivity contribution in [2.24, 2.45) is 4.99 Å². The summed E-state index contributed by atoms with van der Waals surface area (Å²) < 4.78 is 23.3. The van der Waals surface area contributed by atoms with Gasteiger partial charge in [-0.15, -0.1) is 0 Å². The zero-order chi connectivity index (χ0) is 17.6. The van der Waals surface area contributed by atoms with Crippen LogP contribution < -0.4 is 10.6 Å². The lowest BCUT2D eigenvalue weighted by Crippen LogP contribution is -2.43. The molecule has 7 heteroatoms. The Hall–Kier alpha value is -1.21. The minimum absolute atomic E-state index is 0.285. The van der Waals surface area contributed by atoms with Gasteiger partial charge in [0.15, 0.2) is 15.8 Å². The molecule has 0 spiro atoms. The second-order valence-corrected chi connectivity index (χ2v) is 10.1. The van der Waals surface area contributed by atoms with Crippen LogP contribution in [0, 0.1) is 0 Å². The summed E-state index contributed by atoms with van der Waals surface area (Å²) in [5.41, 5.74) is 0.987. The summed E-state index contributed by atoms with van der Waals surface area (Å²) in [5.74, 6) is 2.04. The predicted octanol–water partition coefficient (Wildman–Crippen LogP) is 2.43. The van der Waals surface area contributed by atoms with Crippen molar-refractivity contribution in [3.05, 3.63) is 29.8 Å². The van der Waals surface area contributed by atoms with E-state index in [2.05, 4.69) is 22.5 Å². The van der Waals surface area contributed by atoms with Gasteiger partial charge in [-0.25, -0.2) is 13.4 Å². The highest BCUT2D eigenvalue weighted by atomic mass is 32.2. The Labute approximate surface area is 149 Å². The summed E-state index contributed by atoms with van der Waals surface area (Å²) in [7, 11) is -3.15. The Morgan fingerprint density at radius 3 is 2.54 bits per heavy atom. The van der Waals surface area contributed by atoms with Gasteiger partial charge in [0.1, 0.15) is 0 Å². The highest BCUT2D eigenvalue weighted by molar-refractivity contribution is 8.00. The lowest BCUT2D eigenvalue weighted by molar-refractivity contribution is 0.584. The predicted molar refractivity (Wildman–Crippen MR) is 102 cm³/mol. The molecule has 0 bridgehead atoms. The topological polar surface area (TPSA) is 70.6 Å². The molecule has 1 unspecified atom stereocenters. The fourth-order valence-electron chi connectivity index (χ4n) is 2.60. The fraction of sp³-hybridized carbons (Fsp3) is 0.588. The van der Waals surface area contributed by atoms with Crippen LogP contribution in [0.3, 0.4) is 0 Å². The minimum atomic E-state index is -3.15. The number of benzene rings is 1. The Balaban J connectivity index is 1.97. The summed E-state index contributed by atoms with van der Waals surface area (Å²) >= 11 is 2.02. The second-order valence-electron chi connectivity index (χ2n) is 6.37. The molecule has 0 amide bonds. The standard InChI is InChI=1S/C17H27N3O2S2/c1-4-18-16(20-13-17(2)10-5-11-23-17)19-12-14-6-8-15(9-7-14)24(3,21)22/h6-9H,4-5,10-13H2,1-3H3,(H2,18,19,20). The molecule has 0 radical (unpaired) electrons. The van der Waals surface area contributed by atoms with Gasteiger partial charge in [-0.2, -0.15) is 11.8 Å². The first kappa shape index (κ1) is 19.1. The lowest BCUT2D eigenvalue weighted by Gasteiger charge is -2.24. The van der Waals surface area contributed by atoms with Crippen LogP contribution in [0.5, 0.6) is 0 Å². The molecular weight excluding hydrogens is 342 g/mol. The van der Waals surface area contributed by atoms with Crippen LogP contribution in [0.1, 0.15) is 32.3 Å². The SMILES string of the molecule is CCNC(=NCc1ccc(S(C)(=O)=O)cc1)NCC1(C)CCCS1. The smallest absolute Gasteiger partial charge is 0.191 e. The van der Waals surface area contributed by atoms with E-state index in [9.17, 15) is 8.42 Å². The van der Waals surface area contributed by atoms with Gasteiger partial charge in [0.25, 0.3) is 0 Å². The molecule has 5 nitrogen and oxygen atoms in total. The van der Waals surface area contributed by atoms with Crippen molar-refractivity contribution < 1.29 is 8.42 Å². The zero-order valence-corrected chi connectivity index (χ0v) is 16.3. The number of sulfone groups is 1. The normalized spacial score (nSPS) is 21.7. The molecule has 0 aromatic heterocycles. The Morgan fingerprint density at radius 1 is 1.29 bits per heavy atom. The summed E-state index contributed by atoms with van der Waals surface area (Å²) in [6.45, 7) is 6.57. The fourth-order valence-corrected chi connectivity index (χ4v) is 4.48. The van der Waals surface area contributed by atoms with E-state index in [1.54, 1.807) is 12.1 Å². The number of nitrogens with zero attached hydrogens (tertiary/aromatic N) is 1. The zero-order valence-electron chi connectivity index (χ0n) is 14.6. The summed E-state index contributed by atoms with van der Waals surface area (Å²) in [6.07, 6.45) is 3.73. The molecule has 1 atom stereocenters. The van der Waals surface area contributed by atoms with Gasteiger partial charge in [0, 0.05) is 24.1 Å². The van der Waals surface area contributed by atoms with E-state index in [0.29, 0.717) is 11.4 Å². The van der Waals surface area contributed by atoms with E-state index in [-0.39, 0.29) is 4.75 Å². The molecule has 1 aromatic carbocycles. The Bertz CT molecular complexity index is 664. The number of guanidine groups is 1. The van der Waals surface area contributed by atoms with Crippen molar-refractivity contribution in [2.75, 3.05) is 25.1 Å². The molecule has 2 rings (SSSR count). The third kappa shape index (κ3) is 5.70. The summed E-state index contributed by atoms with van der Waals surface area (Å²) in [6, 6.07) is 6.91. The molecule has 1 aliphatic heterocycles. The van der Waals surface area contributed by atoms with Crippen LogP contribution >= 0.6 is 11.8 Å². The number of hydrogen-bond donors (Lipinski definition) is 2. The molecule has 1 heterocycles. The summed E-state index contributed by atoms with van der Waals surface area (Å²) in [5, 5.41) is 6.69. The first-order valence-electron chi connectivity index (χ1n) is 8.27. The van der Waals surface area contributed by atoms with Crippen LogP contribution in [0.25, 0.3) is 0 Å². The van der Waals surface area contributed by atoms with E-state index >= 15 is 0 Å². The minimum Gasteiger partial charge on any atom is -0.357 e. The molecule has 134 valence electrons. The third-order valence-electron chi connectivity index (χ3n) is 4.05.